The second-order valence-corrected chi connectivity index (χ2v) is 5.53. The Hall–Kier alpha value is -0.790. The molecule has 0 spiro atoms. The molecule has 3 atom stereocenters. The summed E-state index contributed by atoms with van der Waals surface area (Å²) in [5, 5.41) is 0. The highest BCUT2D eigenvalue weighted by molar-refractivity contribution is 5.81. The third kappa shape index (κ3) is 1.70. The number of ether oxygens (including phenoxy) is 1. The highest BCUT2D eigenvalue weighted by Gasteiger charge is 2.52. The molecule has 2 bridgehead atoms. The number of fused-ring (bicyclic) bond motifs is 2. The number of rotatable bonds is 3. The molecule has 15 heavy (non-hydrogen) atoms. The molecule has 2 rings (SSSR count). The van der Waals surface area contributed by atoms with Crippen molar-refractivity contribution in [2.24, 2.45) is 23.2 Å². The topological polar surface area (TPSA) is 26.3 Å². The van der Waals surface area contributed by atoms with Crippen LogP contribution in [0.3, 0.4) is 0 Å². The Kier molecular flexibility index (Phi) is 2.61. The molecule has 0 aromatic rings. The lowest BCUT2D eigenvalue weighted by Gasteiger charge is -2.37. The molecular weight excluding hydrogens is 188 g/mol. The van der Waals surface area contributed by atoms with Crippen LogP contribution in [-0.4, -0.2) is 12.6 Å². The van der Waals surface area contributed by atoms with E-state index < -0.39 is 0 Å². The number of carbonyl (C=O) groups is 1. The molecule has 2 nitrogen and oxygen atoms in total. The van der Waals surface area contributed by atoms with Gasteiger partial charge in [-0.1, -0.05) is 20.4 Å². The lowest BCUT2D eigenvalue weighted by atomic mass is 9.69. The Morgan fingerprint density at radius 1 is 1.53 bits per heavy atom. The maximum atomic E-state index is 11.0. The van der Waals surface area contributed by atoms with Crippen molar-refractivity contribution in [3.63, 3.8) is 0 Å². The molecule has 2 aliphatic rings. The summed E-state index contributed by atoms with van der Waals surface area (Å²) in [4.78, 5) is 11.0. The highest BCUT2D eigenvalue weighted by Crippen LogP contribution is 2.59. The van der Waals surface area contributed by atoms with Crippen molar-refractivity contribution in [1.82, 2.24) is 0 Å². The van der Waals surface area contributed by atoms with Gasteiger partial charge in [0, 0.05) is 12.0 Å². The van der Waals surface area contributed by atoms with Gasteiger partial charge in [0.05, 0.1) is 6.61 Å². The molecule has 0 N–H and O–H groups in total. The fraction of sp³-hybridized carbons (Fsp3) is 0.769. The van der Waals surface area contributed by atoms with Crippen LogP contribution in [0, 0.1) is 23.2 Å². The number of esters is 1. The molecule has 0 saturated heterocycles. The van der Waals surface area contributed by atoms with Crippen molar-refractivity contribution in [2.75, 3.05) is 6.61 Å². The normalized spacial score (nSPS) is 36.5. The molecule has 0 aromatic heterocycles. The zero-order chi connectivity index (χ0) is 11.1. The van der Waals surface area contributed by atoms with Crippen LogP contribution < -0.4 is 0 Å². The predicted octanol–water partition coefficient (Wildman–Crippen LogP) is 2.79. The van der Waals surface area contributed by atoms with Crippen molar-refractivity contribution in [3.05, 3.63) is 12.7 Å². The van der Waals surface area contributed by atoms with E-state index in [-0.39, 0.29) is 5.97 Å². The van der Waals surface area contributed by atoms with Gasteiger partial charge >= 0.3 is 5.97 Å². The van der Waals surface area contributed by atoms with Crippen molar-refractivity contribution < 1.29 is 9.53 Å². The molecule has 84 valence electrons. The van der Waals surface area contributed by atoms with Gasteiger partial charge in [0.2, 0.25) is 0 Å². The maximum Gasteiger partial charge on any atom is 0.330 e. The van der Waals surface area contributed by atoms with E-state index in [0.29, 0.717) is 17.9 Å². The molecule has 0 aliphatic heterocycles. The van der Waals surface area contributed by atoms with E-state index in [9.17, 15) is 4.79 Å². The number of hydrogen-bond acceptors (Lipinski definition) is 2. The lowest BCUT2D eigenvalue weighted by molar-refractivity contribution is -0.141. The molecule has 3 unspecified atom stereocenters. The van der Waals surface area contributed by atoms with Crippen molar-refractivity contribution in [1.29, 1.82) is 0 Å². The molecule has 0 radical (unpaired) electrons. The Labute approximate surface area is 91.7 Å². The van der Waals surface area contributed by atoms with Gasteiger partial charge in [-0.2, -0.15) is 0 Å². The van der Waals surface area contributed by atoms with Gasteiger partial charge in [0.25, 0.3) is 0 Å². The fourth-order valence-electron chi connectivity index (χ4n) is 3.55. The minimum atomic E-state index is -0.284. The van der Waals surface area contributed by atoms with Crippen LogP contribution in [0.2, 0.25) is 0 Å². The Balaban J connectivity index is 1.97. The zero-order valence-electron chi connectivity index (χ0n) is 9.66. The lowest BCUT2D eigenvalue weighted by Crippen LogP contribution is -2.34. The Morgan fingerprint density at radius 3 is 2.80 bits per heavy atom. The van der Waals surface area contributed by atoms with Gasteiger partial charge < -0.3 is 4.74 Å². The van der Waals surface area contributed by atoms with E-state index >= 15 is 0 Å². The minimum absolute atomic E-state index is 0.284. The first-order valence-electron chi connectivity index (χ1n) is 5.85. The number of hydrogen-bond donors (Lipinski definition) is 0. The molecule has 0 aromatic carbocycles. The van der Waals surface area contributed by atoms with Crippen molar-refractivity contribution in [2.45, 2.75) is 33.1 Å². The first-order chi connectivity index (χ1) is 7.05. The van der Waals surface area contributed by atoms with E-state index in [0.717, 1.165) is 11.8 Å². The van der Waals surface area contributed by atoms with E-state index in [1.54, 1.807) is 0 Å². The van der Waals surface area contributed by atoms with E-state index in [4.69, 9.17) is 4.74 Å². The van der Waals surface area contributed by atoms with Gasteiger partial charge in [-0.05, 0) is 36.5 Å². The monoisotopic (exact) mass is 208 g/mol. The summed E-state index contributed by atoms with van der Waals surface area (Å²) in [6, 6.07) is 0. The maximum absolute atomic E-state index is 11.0. The molecule has 2 fully saturated rings. The predicted molar refractivity (Wildman–Crippen MR) is 59.3 cm³/mol. The summed E-state index contributed by atoms with van der Waals surface area (Å²) < 4.78 is 5.21. The van der Waals surface area contributed by atoms with Gasteiger partial charge in [-0.3, -0.25) is 0 Å². The molecule has 2 aliphatic carbocycles. The summed E-state index contributed by atoms with van der Waals surface area (Å²) in [6.07, 6.45) is 5.28. The molecule has 0 heterocycles. The first-order valence-corrected chi connectivity index (χ1v) is 5.85. The third-order valence-corrected chi connectivity index (χ3v) is 4.62. The van der Waals surface area contributed by atoms with Gasteiger partial charge in [-0.25, -0.2) is 4.79 Å². The zero-order valence-corrected chi connectivity index (χ0v) is 9.66. The van der Waals surface area contributed by atoms with Crippen molar-refractivity contribution >= 4 is 5.97 Å². The second-order valence-electron chi connectivity index (χ2n) is 5.53. The van der Waals surface area contributed by atoms with E-state index in [1.165, 1.54) is 25.3 Å². The number of carbonyl (C=O) groups excluding carboxylic acids is 1. The van der Waals surface area contributed by atoms with Gasteiger partial charge in [0.15, 0.2) is 0 Å². The summed E-state index contributed by atoms with van der Waals surface area (Å²) in [7, 11) is 0. The van der Waals surface area contributed by atoms with Crippen LogP contribution in [0.4, 0.5) is 0 Å². The van der Waals surface area contributed by atoms with Crippen LogP contribution in [-0.2, 0) is 9.53 Å². The third-order valence-electron chi connectivity index (χ3n) is 4.62. The quantitative estimate of drug-likeness (QED) is 0.526. The van der Waals surface area contributed by atoms with Crippen LogP contribution in [0.25, 0.3) is 0 Å². The fourth-order valence-corrected chi connectivity index (χ4v) is 3.55. The average molecular weight is 208 g/mol. The Bertz CT molecular complexity index is 280. The van der Waals surface area contributed by atoms with Gasteiger partial charge in [-0.15, -0.1) is 0 Å². The molecular formula is C13H20O2. The molecule has 2 heteroatoms. The largest absolute Gasteiger partial charge is 0.462 e. The average Bonchev–Trinajstić information content (AvgIpc) is 2.74. The highest BCUT2D eigenvalue weighted by atomic mass is 16.5. The van der Waals surface area contributed by atoms with Gasteiger partial charge in [0.1, 0.15) is 0 Å². The summed E-state index contributed by atoms with van der Waals surface area (Å²) in [5.41, 5.74) is 0.352. The van der Waals surface area contributed by atoms with Crippen molar-refractivity contribution in [3.8, 4) is 0 Å². The van der Waals surface area contributed by atoms with Crippen LogP contribution in [0.5, 0.6) is 0 Å². The smallest absolute Gasteiger partial charge is 0.330 e. The summed E-state index contributed by atoms with van der Waals surface area (Å²) in [5.74, 6) is 1.89. The molecule has 0 amide bonds. The second kappa shape index (κ2) is 3.66. The van der Waals surface area contributed by atoms with Crippen LogP contribution in [0.15, 0.2) is 12.7 Å². The summed E-state index contributed by atoms with van der Waals surface area (Å²) >= 11 is 0. The minimum Gasteiger partial charge on any atom is -0.462 e. The summed E-state index contributed by atoms with van der Waals surface area (Å²) in [6.45, 7) is 8.64. The SMILES string of the molecule is C=CC(=O)OCC1C2CCC(C2)C1(C)C. The van der Waals surface area contributed by atoms with Crippen LogP contribution in [0.1, 0.15) is 33.1 Å². The van der Waals surface area contributed by atoms with Crippen LogP contribution >= 0.6 is 0 Å². The first kappa shape index (κ1) is 10.7. The Morgan fingerprint density at radius 2 is 2.27 bits per heavy atom. The standard InChI is InChI=1S/C13H20O2/c1-4-12(14)15-8-11-9-5-6-10(7-9)13(11,2)3/h4,9-11H,1,5-8H2,2-3H3. The molecule has 2 saturated carbocycles. The van der Waals surface area contributed by atoms with E-state index in [1.807, 2.05) is 0 Å². The van der Waals surface area contributed by atoms with E-state index in [2.05, 4.69) is 20.4 Å².